The molecule has 0 atom stereocenters. The van der Waals surface area contributed by atoms with Crippen LogP contribution in [-0.4, -0.2) is 4.98 Å². The molecule has 0 bridgehead atoms. The number of pyridine rings is 1. The molecule has 0 amide bonds. The molecule has 26 heavy (non-hydrogen) atoms. The average molecular weight is 521 g/mol. The van der Waals surface area contributed by atoms with Gasteiger partial charge in [-0.2, -0.15) is 0 Å². The van der Waals surface area contributed by atoms with Crippen molar-refractivity contribution in [1.29, 1.82) is 0 Å². The standard InChI is InChI=1S/C24H26N.Ir/c1-22(2)19-12-11-17(15-20(19)23(3,4)24(22,5)6)21-18-10-8-7-9-16(18)13-14-25-21;/h7-10,12-15H,1-6H3;/q-1;. The van der Waals surface area contributed by atoms with E-state index in [0.29, 0.717) is 0 Å². The monoisotopic (exact) mass is 521 g/mol. The Morgan fingerprint density at radius 1 is 0.846 bits per heavy atom. The molecule has 1 heterocycles. The first-order valence-corrected chi connectivity index (χ1v) is 9.09. The number of hydrogen-bond acceptors (Lipinski definition) is 1. The summed E-state index contributed by atoms with van der Waals surface area (Å²) in [5.41, 5.74) is 5.36. The van der Waals surface area contributed by atoms with Gasteiger partial charge in [0.05, 0.1) is 0 Å². The van der Waals surface area contributed by atoms with E-state index in [4.69, 9.17) is 4.98 Å². The van der Waals surface area contributed by atoms with Gasteiger partial charge in [-0.15, -0.1) is 34.9 Å². The van der Waals surface area contributed by atoms with Gasteiger partial charge >= 0.3 is 0 Å². The van der Waals surface area contributed by atoms with Crippen LogP contribution in [0.1, 0.15) is 52.7 Å². The summed E-state index contributed by atoms with van der Waals surface area (Å²) in [7, 11) is 0. The summed E-state index contributed by atoms with van der Waals surface area (Å²) in [4.78, 5) is 4.69. The maximum absolute atomic E-state index is 4.69. The SMILES string of the molecule is CC1(C)c2c[c-]c(-c3nccc4ccccc34)cc2C(C)(C)C1(C)C.[Ir]. The molecule has 0 unspecified atom stereocenters. The van der Waals surface area contributed by atoms with Gasteiger partial charge in [0.2, 0.25) is 0 Å². The molecule has 2 heteroatoms. The third kappa shape index (κ3) is 2.35. The van der Waals surface area contributed by atoms with Crippen LogP contribution in [0.15, 0.2) is 48.7 Å². The van der Waals surface area contributed by atoms with Crippen LogP contribution in [0.5, 0.6) is 0 Å². The first-order chi connectivity index (χ1) is 11.7. The Morgan fingerprint density at radius 2 is 1.50 bits per heavy atom. The van der Waals surface area contributed by atoms with E-state index in [1.54, 1.807) is 0 Å². The summed E-state index contributed by atoms with van der Waals surface area (Å²) in [6.45, 7) is 14.3. The van der Waals surface area contributed by atoms with Gasteiger partial charge in [-0.05, 0) is 38.8 Å². The average Bonchev–Trinajstić information content (AvgIpc) is 2.69. The number of benzene rings is 2. The molecule has 1 nitrogen and oxygen atoms in total. The van der Waals surface area contributed by atoms with E-state index in [1.165, 1.54) is 21.9 Å². The van der Waals surface area contributed by atoms with Crippen LogP contribution in [0.25, 0.3) is 22.0 Å². The van der Waals surface area contributed by atoms with E-state index in [-0.39, 0.29) is 36.4 Å². The molecule has 1 aliphatic rings. The number of aromatic nitrogens is 1. The maximum atomic E-state index is 4.69. The Balaban J connectivity index is 0.00000196. The van der Waals surface area contributed by atoms with Crippen molar-refractivity contribution >= 4 is 10.8 Å². The van der Waals surface area contributed by atoms with Crippen molar-refractivity contribution in [3.05, 3.63) is 65.9 Å². The largest absolute Gasteiger partial charge is 0.304 e. The van der Waals surface area contributed by atoms with Gasteiger partial charge in [0.15, 0.2) is 0 Å². The fraction of sp³-hybridized carbons (Fsp3) is 0.375. The van der Waals surface area contributed by atoms with Crippen molar-refractivity contribution in [2.24, 2.45) is 5.41 Å². The summed E-state index contributed by atoms with van der Waals surface area (Å²) in [6.07, 6.45) is 1.90. The van der Waals surface area contributed by atoms with Crippen LogP contribution in [0.2, 0.25) is 0 Å². The molecule has 1 radical (unpaired) electrons. The van der Waals surface area contributed by atoms with Gasteiger partial charge in [-0.25, -0.2) is 0 Å². The minimum absolute atomic E-state index is 0. The van der Waals surface area contributed by atoms with Gasteiger partial charge < -0.3 is 4.98 Å². The van der Waals surface area contributed by atoms with Crippen LogP contribution in [0.4, 0.5) is 0 Å². The second-order valence-corrected chi connectivity index (χ2v) is 8.93. The predicted octanol–water partition coefficient (Wildman–Crippen LogP) is 6.29. The van der Waals surface area contributed by atoms with Crippen LogP contribution >= 0.6 is 0 Å². The third-order valence-corrected chi connectivity index (χ3v) is 7.35. The van der Waals surface area contributed by atoms with E-state index < -0.39 is 0 Å². The number of fused-ring (bicyclic) bond motifs is 2. The normalized spacial score (nSPS) is 19.0. The van der Waals surface area contributed by atoms with Crippen molar-refractivity contribution in [3.8, 4) is 11.3 Å². The van der Waals surface area contributed by atoms with Gasteiger partial charge in [-0.1, -0.05) is 65.8 Å². The minimum atomic E-state index is 0. The second kappa shape index (κ2) is 6.01. The molecule has 0 fully saturated rings. The molecule has 0 saturated heterocycles. The predicted molar refractivity (Wildman–Crippen MR) is 106 cm³/mol. The molecule has 1 aromatic heterocycles. The number of hydrogen-bond donors (Lipinski definition) is 0. The molecule has 0 saturated carbocycles. The molecule has 0 N–H and O–H groups in total. The van der Waals surface area contributed by atoms with E-state index in [2.05, 4.69) is 90.1 Å². The zero-order chi connectivity index (χ0) is 18.0. The Morgan fingerprint density at radius 3 is 2.23 bits per heavy atom. The summed E-state index contributed by atoms with van der Waals surface area (Å²) < 4.78 is 0. The first kappa shape index (κ1) is 19.3. The van der Waals surface area contributed by atoms with Crippen LogP contribution in [0.3, 0.4) is 0 Å². The summed E-state index contributed by atoms with van der Waals surface area (Å²) in [5, 5.41) is 2.41. The van der Waals surface area contributed by atoms with Crippen molar-refractivity contribution in [2.75, 3.05) is 0 Å². The van der Waals surface area contributed by atoms with E-state index in [1.807, 2.05) is 6.20 Å². The zero-order valence-electron chi connectivity index (χ0n) is 16.4. The topological polar surface area (TPSA) is 12.9 Å². The molecule has 1 aliphatic carbocycles. The van der Waals surface area contributed by atoms with Gasteiger partial charge in [-0.3, -0.25) is 0 Å². The van der Waals surface area contributed by atoms with Crippen molar-refractivity contribution in [1.82, 2.24) is 4.98 Å². The summed E-state index contributed by atoms with van der Waals surface area (Å²) >= 11 is 0. The molecule has 2 aromatic carbocycles. The van der Waals surface area contributed by atoms with E-state index in [0.717, 1.165) is 11.3 Å². The fourth-order valence-corrected chi connectivity index (χ4v) is 4.45. The fourth-order valence-electron chi connectivity index (χ4n) is 4.45. The van der Waals surface area contributed by atoms with Crippen LogP contribution in [-0.2, 0) is 30.9 Å². The molecular weight excluding hydrogens is 494 g/mol. The molecule has 0 spiro atoms. The Hall–Kier alpha value is -1.50. The summed E-state index contributed by atoms with van der Waals surface area (Å²) in [5.74, 6) is 0. The molecular formula is C24H26IrN-. The second-order valence-electron chi connectivity index (χ2n) is 8.93. The summed E-state index contributed by atoms with van der Waals surface area (Å²) in [6, 6.07) is 18.6. The Kier molecular flexibility index (Phi) is 4.45. The molecule has 4 rings (SSSR count). The molecule has 3 aromatic rings. The molecule has 137 valence electrons. The quantitative estimate of drug-likeness (QED) is 0.344. The first-order valence-electron chi connectivity index (χ1n) is 9.09. The number of nitrogens with zero attached hydrogens (tertiary/aromatic N) is 1. The van der Waals surface area contributed by atoms with Crippen LogP contribution in [0, 0.1) is 11.5 Å². The van der Waals surface area contributed by atoms with Crippen molar-refractivity contribution in [2.45, 2.75) is 52.4 Å². The zero-order valence-corrected chi connectivity index (χ0v) is 18.8. The maximum Gasteiger partial charge on any atom is 0.0167 e. The number of rotatable bonds is 1. The van der Waals surface area contributed by atoms with Gasteiger partial charge in [0, 0.05) is 26.3 Å². The molecule has 0 aliphatic heterocycles. The van der Waals surface area contributed by atoms with E-state index in [9.17, 15) is 0 Å². The Labute approximate surface area is 170 Å². The Bertz CT molecular complexity index is 977. The van der Waals surface area contributed by atoms with Gasteiger partial charge in [0.1, 0.15) is 0 Å². The minimum Gasteiger partial charge on any atom is -0.304 e. The van der Waals surface area contributed by atoms with E-state index >= 15 is 0 Å². The smallest absolute Gasteiger partial charge is 0.0167 e. The van der Waals surface area contributed by atoms with Crippen molar-refractivity contribution < 1.29 is 20.1 Å². The van der Waals surface area contributed by atoms with Gasteiger partial charge in [0.25, 0.3) is 0 Å². The third-order valence-electron chi connectivity index (χ3n) is 7.35. The van der Waals surface area contributed by atoms with Crippen LogP contribution < -0.4 is 0 Å². The van der Waals surface area contributed by atoms with Crippen molar-refractivity contribution in [3.63, 3.8) is 0 Å².